The fraction of sp³-hybridized carbons (Fsp3) is 0.650. The summed E-state index contributed by atoms with van der Waals surface area (Å²) < 4.78 is 5.76. The number of unbranched alkanes of at least 4 members (excludes halogenated alkanes) is 2. The number of piperazine rings is 1. The van der Waals surface area contributed by atoms with Crippen molar-refractivity contribution in [2.24, 2.45) is 0 Å². The summed E-state index contributed by atoms with van der Waals surface area (Å²) >= 11 is 0. The monoisotopic (exact) mass is 332 g/mol. The molecule has 0 N–H and O–H groups in total. The number of ether oxygens (including phenoxy) is 1. The number of nitrogens with zero attached hydrogens (tertiary/aromatic N) is 2. The SMILES string of the molecule is CCC(=O)CN1CCN(CCCCCOc2ccc(C)cc2)CC1. The fourth-order valence-electron chi connectivity index (χ4n) is 2.97. The second-order valence-corrected chi connectivity index (χ2v) is 6.73. The van der Waals surface area contributed by atoms with E-state index >= 15 is 0 Å². The van der Waals surface area contributed by atoms with Crippen molar-refractivity contribution in [1.82, 2.24) is 9.80 Å². The molecule has 0 spiro atoms. The van der Waals surface area contributed by atoms with Crippen molar-refractivity contribution in [3.05, 3.63) is 29.8 Å². The maximum absolute atomic E-state index is 11.5. The van der Waals surface area contributed by atoms with Crippen LogP contribution in [0.2, 0.25) is 0 Å². The summed E-state index contributed by atoms with van der Waals surface area (Å²) in [5.74, 6) is 1.33. The van der Waals surface area contributed by atoms with Crippen LogP contribution in [0, 0.1) is 6.92 Å². The Morgan fingerprint density at radius 3 is 2.33 bits per heavy atom. The standard InChI is InChI=1S/C20H32N2O2/c1-3-19(23)17-22-14-12-21(13-15-22)11-5-4-6-16-24-20-9-7-18(2)8-10-20/h7-10H,3-6,11-17H2,1-2H3. The molecule has 0 aliphatic carbocycles. The van der Waals surface area contributed by atoms with Crippen LogP contribution in [0.5, 0.6) is 5.75 Å². The van der Waals surface area contributed by atoms with Crippen LogP contribution in [0.3, 0.4) is 0 Å². The normalized spacial score (nSPS) is 16.2. The number of aryl methyl sites for hydroxylation is 1. The van der Waals surface area contributed by atoms with E-state index in [1.807, 2.05) is 19.1 Å². The van der Waals surface area contributed by atoms with Crippen LogP contribution in [0.25, 0.3) is 0 Å². The van der Waals surface area contributed by atoms with E-state index in [0.717, 1.165) is 45.0 Å². The molecule has 0 radical (unpaired) electrons. The zero-order valence-electron chi connectivity index (χ0n) is 15.3. The fourth-order valence-corrected chi connectivity index (χ4v) is 2.97. The molecular weight excluding hydrogens is 300 g/mol. The minimum atomic E-state index is 0.358. The first-order chi connectivity index (χ1) is 11.7. The Bertz CT molecular complexity index is 479. The van der Waals surface area contributed by atoms with Crippen LogP contribution >= 0.6 is 0 Å². The van der Waals surface area contributed by atoms with Gasteiger partial charge in [0.25, 0.3) is 0 Å². The smallest absolute Gasteiger partial charge is 0.146 e. The highest BCUT2D eigenvalue weighted by atomic mass is 16.5. The maximum atomic E-state index is 11.5. The molecule has 1 saturated heterocycles. The third-order valence-electron chi connectivity index (χ3n) is 4.67. The summed E-state index contributed by atoms with van der Waals surface area (Å²) in [5, 5.41) is 0. The highest BCUT2D eigenvalue weighted by molar-refractivity contribution is 5.80. The largest absolute Gasteiger partial charge is 0.494 e. The number of hydrogen-bond donors (Lipinski definition) is 0. The first-order valence-electron chi connectivity index (χ1n) is 9.33. The van der Waals surface area contributed by atoms with E-state index in [4.69, 9.17) is 4.74 Å². The summed E-state index contributed by atoms with van der Waals surface area (Å²) in [4.78, 5) is 16.3. The van der Waals surface area contributed by atoms with E-state index in [2.05, 4.69) is 28.9 Å². The van der Waals surface area contributed by atoms with Gasteiger partial charge in [-0.3, -0.25) is 9.69 Å². The number of rotatable bonds is 10. The first-order valence-corrected chi connectivity index (χ1v) is 9.33. The van der Waals surface area contributed by atoms with Gasteiger partial charge in [-0.25, -0.2) is 0 Å². The van der Waals surface area contributed by atoms with E-state index in [9.17, 15) is 4.79 Å². The molecular formula is C20H32N2O2. The summed E-state index contributed by atoms with van der Waals surface area (Å²) in [5.41, 5.74) is 1.27. The molecule has 2 rings (SSSR count). The molecule has 0 aromatic heterocycles. The summed E-state index contributed by atoms with van der Waals surface area (Å²) in [6.07, 6.45) is 4.20. The number of hydrogen-bond acceptors (Lipinski definition) is 4. The topological polar surface area (TPSA) is 32.8 Å². The van der Waals surface area contributed by atoms with Gasteiger partial charge in [-0.1, -0.05) is 24.6 Å². The third-order valence-corrected chi connectivity index (χ3v) is 4.67. The first kappa shape index (κ1) is 18.9. The van der Waals surface area contributed by atoms with Gasteiger partial charge in [0.15, 0.2) is 0 Å². The zero-order chi connectivity index (χ0) is 17.2. The molecule has 134 valence electrons. The van der Waals surface area contributed by atoms with Crippen molar-refractivity contribution in [2.45, 2.75) is 39.5 Å². The van der Waals surface area contributed by atoms with Crippen LogP contribution in [0.4, 0.5) is 0 Å². The Balaban J connectivity index is 1.48. The molecule has 24 heavy (non-hydrogen) atoms. The van der Waals surface area contributed by atoms with Crippen LogP contribution in [0.15, 0.2) is 24.3 Å². The van der Waals surface area contributed by atoms with Gasteiger partial charge < -0.3 is 9.64 Å². The van der Waals surface area contributed by atoms with Crippen LogP contribution in [-0.2, 0) is 4.79 Å². The Kier molecular flexibility index (Phi) is 8.26. The third kappa shape index (κ3) is 7.02. The lowest BCUT2D eigenvalue weighted by atomic mass is 10.2. The number of ketones is 1. The van der Waals surface area contributed by atoms with Gasteiger partial charge in [0.1, 0.15) is 11.5 Å². The molecule has 4 heteroatoms. The van der Waals surface area contributed by atoms with Crippen molar-refractivity contribution in [3.63, 3.8) is 0 Å². The summed E-state index contributed by atoms with van der Waals surface area (Å²) in [6.45, 7) is 10.9. The molecule has 0 unspecified atom stereocenters. The van der Waals surface area contributed by atoms with Gasteiger partial charge in [0, 0.05) is 32.6 Å². The van der Waals surface area contributed by atoms with Crippen LogP contribution in [-0.4, -0.2) is 61.5 Å². The van der Waals surface area contributed by atoms with Gasteiger partial charge in [-0.15, -0.1) is 0 Å². The number of carbonyl (C=O) groups is 1. The second kappa shape index (κ2) is 10.5. The maximum Gasteiger partial charge on any atom is 0.146 e. The summed E-state index contributed by atoms with van der Waals surface area (Å²) in [7, 11) is 0. The molecule has 0 bridgehead atoms. The molecule has 0 amide bonds. The predicted octanol–water partition coefficient (Wildman–Crippen LogP) is 3.14. The molecule has 0 atom stereocenters. The number of Topliss-reactive ketones (excluding diaryl/α,β-unsaturated/α-hetero) is 1. The van der Waals surface area contributed by atoms with Crippen molar-refractivity contribution in [1.29, 1.82) is 0 Å². The Morgan fingerprint density at radius 1 is 1.00 bits per heavy atom. The quantitative estimate of drug-likeness (QED) is 0.616. The molecule has 0 saturated carbocycles. The lowest BCUT2D eigenvalue weighted by Crippen LogP contribution is -2.47. The van der Waals surface area contributed by atoms with Gasteiger partial charge in [0.05, 0.1) is 13.2 Å². The van der Waals surface area contributed by atoms with Crippen molar-refractivity contribution >= 4 is 5.78 Å². The minimum Gasteiger partial charge on any atom is -0.494 e. The molecule has 1 heterocycles. The molecule has 1 aliphatic heterocycles. The second-order valence-electron chi connectivity index (χ2n) is 6.73. The molecule has 1 fully saturated rings. The lowest BCUT2D eigenvalue weighted by molar-refractivity contribution is -0.120. The number of carbonyl (C=O) groups excluding carboxylic acids is 1. The van der Waals surface area contributed by atoms with Gasteiger partial charge in [-0.2, -0.15) is 0 Å². The lowest BCUT2D eigenvalue weighted by Gasteiger charge is -2.34. The highest BCUT2D eigenvalue weighted by Gasteiger charge is 2.17. The Hall–Kier alpha value is -1.39. The van der Waals surface area contributed by atoms with Crippen LogP contribution < -0.4 is 4.74 Å². The van der Waals surface area contributed by atoms with E-state index < -0.39 is 0 Å². The predicted molar refractivity (Wildman–Crippen MR) is 98.7 cm³/mol. The van der Waals surface area contributed by atoms with Crippen LogP contribution in [0.1, 0.15) is 38.2 Å². The Morgan fingerprint density at radius 2 is 1.67 bits per heavy atom. The average molecular weight is 332 g/mol. The van der Waals surface area contributed by atoms with Crippen molar-refractivity contribution < 1.29 is 9.53 Å². The van der Waals surface area contributed by atoms with Crippen molar-refractivity contribution in [3.8, 4) is 5.75 Å². The van der Waals surface area contributed by atoms with Crippen molar-refractivity contribution in [2.75, 3.05) is 45.9 Å². The average Bonchev–Trinajstić information content (AvgIpc) is 2.61. The zero-order valence-corrected chi connectivity index (χ0v) is 15.3. The van der Waals surface area contributed by atoms with E-state index in [1.54, 1.807) is 0 Å². The molecule has 4 nitrogen and oxygen atoms in total. The van der Waals surface area contributed by atoms with E-state index in [0.29, 0.717) is 18.7 Å². The number of benzene rings is 1. The molecule has 1 aromatic rings. The van der Waals surface area contributed by atoms with Gasteiger partial charge in [-0.05, 0) is 44.9 Å². The highest BCUT2D eigenvalue weighted by Crippen LogP contribution is 2.12. The van der Waals surface area contributed by atoms with Gasteiger partial charge in [0.2, 0.25) is 0 Å². The Labute approximate surface area is 146 Å². The minimum absolute atomic E-state index is 0.358. The van der Waals surface area contributed by atoms with E-state index in [1.165, 1.54) is 24.9 Å². The molecule has 1 aromatic carbocycles. The summed E-state index contributed by atoms with van der Waals surface area (Å²) in [6, 6.07) is 8.25. The molecule has 1 aliphatic rings. The van der Waals surface area contributed by atoms with Gasteiger partial charge >= 0.3 is 0 Å². The van der Waals surface area contributed by atoms with E-state index in [-0.39, 0.29) is 0 Å².